The van der Waals surface area contributed by atoms with E-state index in [2.05, 4.69) is 10.3 Å². The topological polar surface area (TPSA) is 88.2 Å². The Morgan fingerprint density at radius 3 is 2.78 bits per heavy atom. The fourth-order valence-corrected chi connectivity index (χ4v) is 1.99. The van der Waals surface area contributed by atoms with Crippen molar-refractivity contribution in [1.29, 1.82) is 0 Å². The summed E-state index contributed by atoms with van der Waals surface area (Å²) in [6.45, 7) is 4.21. The van der Waals surface area contributed by atoms with Crippen LogP contribution in [-0.2, 0) is 17.6 Å². The molecule has 0 aromatic carbocycles. The van der Waals surface area contributed by atoms with Crippen LogP contribution >= 0.6 is 0 Å². The number of carboxylic acid groups (broad SMARTS) is 1. The number of nitrogens with zero attached hydrogens (tertiary/aromatic N) is 3. The third-order valence-electron chi connectivity index (χ3n) is 2.87. The molecule has 0 amide bonds. The van der Waals surface area contributed by atoms with Gasteiger partial charge in [-0.3, -0.25) is 4.79 Å². The van der Waals surface area contributed by atoms with E-state index < -0.39 is 5.97 Å². The molecule has 1 rings (SSSR count). The molecule has 0 aliphatic rings. The molecule has 6 heteroatoms. The average Bonchev–Trinajstić information content (AvgIpc) is 2.69. The van der Waals surface area contributed by atoms with Gasteiger partial charge in [0.15, 0.2) is 0 Å². The summed E-state index contributed by atoms with van der Waals surface area (Å²) in [6, 6.07) is 0.133. The van der Waals surface area contributed by atoms with Crippen molar-refractivity contribution in [2.24, 2.45) is 0 Å². The number of aliphatic hydroxyl groups is 1. The van der Waals surface area contributed by atoms with E-state index in [0.29, 0.717) is 12.1 Å². The van der Waals surface area contributed by atoms with Crippen molar-refractivity contribution in [3.63, 3.8) is 0 Å². The molecule has 1 aromatic heterocycles. The molecule has 1 unspecified atom stereocenters. The fraction of sp³-hybridized carbons (Fsp3) is 0.750. The molecule has 6 nitrogen and oxygen atoms in total. The number of aliphatic hydroxyl groups excluding tert-OH is 1. The van der Waals surface area contributed by atoms with Crippen LogP contribution in [0.2, 0.25) is 0 Å². The Balaban J connectivity index is 2.89. The quantitative estimate of drug-likeness (QED) is 0.728. The van der Waals surface area contributed by atoms with Gasteiger partial charge in [-0.05, 0) is 26.2 Å². The number of aliphatic carboxylic acids is 1. The van der Waals surface area contributed by atoms with Crippen LogP contribution in [0.3, 0.4) is 0 Å². The normalized spacial score (nSPS) is 12.6. The Bertz CT molecular complexity index is 390. The molecule has 0 aliphatic carbocycles. The van der Waals surface area contributed by atoms with Crippen molar-refractivity contribution in [3.8, 4) is 0 Å². The lowest BCUT2D eigenvalue weighted by Gasteiger charge is -2.14. The van der Waals surface area contributed by atoms with Gasteiger partial charge in [-0.2, -0.15) is 0 Å². The Labute approximate surface area is 107 Å². The number of hydrogen-bond acceptors (Lipinski definition) is 4. The number of carbonyl (C=O) groups is 1. The molecule has 102 valence electrons. The molecule has 0 spiro atoms. The lowest BCUT2D eigenvalue weighted by molar-refractivity contribution is -0.136. The third kappa shape index (κ3) is 3.80. The maximum absolute atomic E-state index is 10.8. The van der Waals surface area contributed by atoms with Gasteiger partial charge < -0.3 is 10.2 Å². The highest BCUT2D eigenvalue weighted by atomic mass is 16.4. The van der Waals surface area contributed by atoms with Gasteiger partial charge >= 0.3 is 5.97 Å². The minimum absolute atomic E-state index is 0.0813. The summed E-state index contributed by atoms with van der Waals surface area (Å²) in [5.41, 5.74) is 1.46. The summed E-state index contributed by atoms with van der Waals surface area (Å²) in [4.78, 5) is 10.8. The van der Waals surface area contributed by atoms with Crippen LogP contribution in [-0.4, -0.2) is 37.8 Å². The van der Waals surface area contributed by atoms with Crippen LogP contribution in [0, 0.1) is 0 Å². The van der Waals surface area contributed by atoms with Crippen LogP contribution in [0.25, 0.3) is 0 Å². The van der Waals surface area contributed by atoms with Gasteiger partial charge in [0, 0.05) is 6.61 Å². The minimum atomic E-state index is -0.887. The third-order valence-corrected chi connectivity index (χ3v) is 2.87. The highest BCUT2D eigenvalue weighted by Gasteiger charge is 2.18. The van der Waals surface area contributed by atoms with Gasteiger partial charge in [-0.1, -0.05) is 18.6 Å². The second kappa shape index (κ2) is 7.10. The first-order chi connectivity index (χ1) is 8.60. The maximum atomic E-state index is 10.8. The predicted octanol–water partition coefficient (Wildman–Crippen LogP) is 1.19. The van der Waals surface area contributed by atoms with E-state index in [1.807, 2.05) is 13.8 Å². The number of aromatic nitrogens is 3. The SMILES string of the molecule is CCCc1c(CC(=O)O)nnn1C(C)CCCO. The zero-order valence-corrected chi connectivity index (χ0v) is 11.0. The van der Waals surface area contributed by atoms with Gasteiger partial charge in [-0.25, -0.2) is 4.68 Å². The highest BCUT2D eigenvalue weighted by molar-refractivity contribution is 5.69. The lowest BCUT2D eigenvalue weighted by atomic mass is 10.1. The summed E-state index contributed by atoms with van der Waals surface area (Å²) in [5, 5.41) is 25.7. The van der Waals surface area contributed by atoms with E-state index in [0.717, 1.165) is 25.0 Å². The van der Waals surface area contributed by atoms with E-state index in [9.17, 15) is 4.79 Å². The molecule has 0 aliphatic heterocycles. The molecule has 0 saturated heterocycles. The Kier molecular flexibility index (Phi) is 5.77. The standard InChI is InChI=1S/C12H21N3O3/c1-3-5-11-10(8-12(17)18)13-14-15(11)9(2)6-4-7-16/h9,16H,3-8H2,1-2H3,(H,17,18). The van der Waals surface area contributed by atoms with Crippen LogP contribution in [0.15, 0.2) is 0 Å². The largest absolute Gasteiger partial charge is 0.481 e. The van der Waals surface area contributed by atoms with E-state index in [-0.39, 0.29) is 19.1 Å². The Morgan fingerprint density at radius 2 is 2.22 bits per heavy atom. The van der Waals surface area contributed by atoms with Gasteiger partial charge in [-0.15, -0.1) is 5.10 Å². The zero-order valence-electron chi connectivity index (χ0n) is 11.0. The number of rotatable bonds is 8. The number of hydrogen-bond donors (Lipinski definition) is 2. The van der Waals surface area contributed by atoms with Gasteiger partial charge in [0.2, 0.25) is 0 Å². The van der Waals surface area contributed by atoms with Crippen molar-refractivity contribution in [2.75, 3.05) is 6.61 Å². The lowest BCUT2D eigenvalue weighted by Crippen LogP contribution is -2.13. The summed E-state index contributed by atoms with van der Waals surface area (Å²) in [5.74, 6) is -0.887. The summed E-state index contributed by atoms with van der Waals surface area (Å²) in [6.07, 6.45) is 3.14. The van der Waals surface area contributed by atoms with Gasteiger partial charge in [0.25, 0.3) is 0 Å². The van der Waals surface area contributed by atoms with Gasteiger partial charge in [0.1, 0.15) is 0 Å². The first-order valence-corrected chi connectivity index (χ1v) is 6.35. The molecule has 1 heterocycles. The fourth-order valence-electron chi connectivity index (χ4n) is 1.99. The van der Waals surface area contributed by atoms with Crippen molar-refractivity contribution >= 4 is 5.97 Å². The molecule has 1 aromatic rings. The second-order valence-electron chi connectivity index (χ2n) is 4.46. The zero-order chi connectivity index (χ0) is 13.5. The Hall–Kier alpha value is -1.43. The van der Waals surface area contributed by atoms with Crippen LogP contribution in [0.4, 0.5) is 0 Å². The summed E-state index contributed by atoms with van der Waals surface area (Å²) in [7, 11) is 0. The van der Waals surface area contributed by atoms with Crippen molar-refractivity contribution in [1.82, 2.24) is 15.0 Å². The van der Waals surface area contributed by atoms with Crippen molar-refractivity contribution < 1.29 is 15.0 Å². The summed E-state index contributed by atoms with van der Waals surface area (Å²) >= 11 is 0. The molecule has 18 heavy (non-hydrogen) atoms. The molecule has 2 N–H and O–H groups in total. The van der Waals surface area contributed by atoms with Crippen LogP contribution in [0.1, 0.15) is 50.5 Å². The molecule has 0 bridgehead atoms. The second-order valence-corrected chi connectivity index (χ2v) is 4.46. The van der Waals surface area contributed by atoms with E-state index in [4.69, 9.17) is 10.2 Å². The van der Waals surface area contributed by atoms with Gasteiger partial charge in [0.05, 0.1) is 23.9 Å². The maximum Gasteiger partial charge on any atom is 0.309 e. The highest BCUT2D eigenvalue weighted by Crippen LogP contribution is 2.18. The monoisotopic (exact) mass is 255 g/mol. The molecule has 0 saturated carbocycles. The molecule has 0 fully saturated rings. The number of carboxylic acids is 1. The summed E-state index contributed by atoms with van der Waals surface area (Å²) < 4.78 is 1.80. The first-order valence-electron chi connectivity index (χ1n) is 6.35. The van der Waals surface area contributed by atoms with Crippen molar-refractivity contribution in [2.45, 2.75) is 52.0 Å². The van der Waals surface area contributed by atoms with E-state index in [1.54, 1.807) is 4.68 Å². The molecule has 1 atom stereocenters. The molecular formula is C12H21N3O3. The first kappa shape index (κ1) is 14.6. The van der Waals surface area contributed by atoms with Crippen LogP contribution < -0.4 is 0 Å². The average molecular weight is 255 g/mol. The Morgan fingerprint density at radius 1 is 1.50 bits per heavy atom. The van der Waals surface area contributed by atoms with E-state index >= 15 is 0 Å². The van der Waals surface area contributed by atoms with Crippen LogP contribution in [0.5, 0.6) is 0 Å². The minimum Gasteiger partial charge on any atom is -0.481 e. The van der Waals surface area contributed by atoms with E-state index in [1.165, 1.54) is 0 Å². The predicted molar refractivity (Wildman–Crippen MR) is 66.4 cm³/mol. The molecule has 0 radical (unpaired) electrons. The smallest absolute Gasteiger partial charge is 0.309 e. The van der Waals surface area contributed by atoms with Crippen molar-refractivity contribution in [3.05, 3.63) is 11.4 Å². The molecular weight excluding hydrogens is 234 g/mol.